The van der Waals surface area contributed by atoms with Gasteiger partial charge in [-0.3, -0.25) is 0 Å². The van der Waals surface area contributed by atoms with Gasteiger partial charge in [0.2, 0.25) is 0 Å². The molecule has 0 amide bonds. The third kappa shape index (κ3) is 2.67. The lowest BCUT2D eigenvalue weighted by Gasteiger charge is -1.95. The fourth-order valence-electron chi connectivity index (χ4n) is 0.897. The second kappa shape index (κ2) is 4.94. The van der Waals surface area contributed by atoms with Gasteiger partial charge in [0.05, 0.1) is 0 Å². The van der Waals surface area contributed by atoms with Crippen molar-refractivity contribution in [3.8, 4) is 0 Å². The molecule has 0 N–H and O–H groups in total. The van der Waals surface area contributed by atoms with Crippen molar-refractivity contribution in [3.05, 3.63) is 54.1 Å². The van der Waals surface area contributed by atoms with Gasteiger partial charge in [-0.15, -0.1) is 0 Å². The molecule has 0 radical (unpaired) electrons. The second-order valence-corrected chi connectivity index (χ2v) is 3.03. The summed E-state index contributed by atoms with van der Waals surface area (Å²) >= 11 is 3.40. The van der Waals surface area contributed by atoms with Crippen molar-refractivity contribution in [2.24, 2.45) is 0 Å². The summed E-state index contributed by atoms with van der Waals surface area (Å²) in [4.78, 5) is 0. The average molecular weight is 223 g/mol. The summed E-state index contributed by atoms with van der Waals surface area (Å²) in [7, 11) is 0. The van der Waals surface area contributed by atoms with Crippen LogP contribution in [0.3, 0.4) is 0 Å². The van der Waals surface area contributed by atoms with Gasteiger partial charge in [0.25, 0.3) is 0 Å². The maximum atomic E-state index is 3.62. The van der Waals surface area contributed by atoms with Gasteiger partial charge in [0.1, 0.15) is 0 Å². The average Bonchev–Trinajstić information content (AvgIpc) is 2.15. The number of benzene rings is 1. The molecule has 0 fully saturated rings. The van der Waals surface area contributed by atoms with Crippen molar-refractivity contribution < 1.29 is 0 Å². The molecule has 0 aliphatic rings. The van der Waals surface area contributed by atoms with Crippen LogP contribution >= 0.6 is 15.9 Å². The normalized spacial score (nSPS) is 10.4. The lowest BCUT2D eigenvalue weighted by atomic mass is 10.1. The molecule has 1 aromatic carbocycles. The number of allylic oxidation sites excluding steroid dienone is 2. The van der Waals surface area contributed by atoms with E-state index in [9.17, 15) is 0 Å². The molecule has 1 heteroatoms. The van der Waals surface area contributed by atoms with Crippen LogP contribution in [0.25, 0.3) is 6.08 Å². The summed E-state index contributed by atoms with van der Waals surface area (Å²) in [6.45, 7) is 3.62. The summed E-state index contributed by atoms with van der Waals surface area (Å²) in [5.41, 5.74) is 2.50. The molecule has 1 rings (SSSR count). The van der Waals surface area contributed by atoms with Gasteiger partial charge in [-0.2, -0.15) is 0 Å². The zero-order valence-electron chi connectivity index (χ0n) is 6.83. The molecule has 0 heterocycles. The van der Waals surface area contributed by atoms with Crippen molar-refractivity contribution in [2.45, 2.75) is 5.33 Å². The fourth-order valence-corrected chi connectivity index (χ4v) is 1.27. The molecule has 0 aromatic heterocycles. The standard InChI is InChI=1S/C11H11Br/c1-2-3-4-10-5-7-11(9-12)8-6-10/h2-8H,1,9H2. The molecular weight excluding hydrogens is 212 g/mol. The Morgan fingerprint density at radius 3 is 2.42 bits per heavy atom. The Labute approximate surface area is 81.7 Å². The van der Waals surface area contributed by atoms with Crippen molar-refractivity contribution in [1.29, 1.82) is 0 Å². The minimum Gasteiger partial charge on any atom is -0.0991 e. The van der Waals surface area contributed by atoms with Crippen LogP contribution in [-0.2, 0) is 5.33 Å². The predicted molar refractivity (Wildman–Crippen MR) is 58.3 cm³/mol. The number of halogens is 1. The third-order valence-corrected chi connectivity index (χ3v) is 2.21. The Kier molecular flexibility index (Phi) is 3.81. The van der Waals surface area contributed by atoms with Crippen molar-refractivity contribution in [1.82, 2.24) is 0 Å². The van der Waals surface area contributed by atoms with E-state index in [-0.39, 0.29) is 0 Å². The van der Waals surface area contributed by atoms with Crippen LogP contribution in [0.15, 0.2) is 43.0 Å². The fraction of sp³-hybridized carbons (Fsp3) is 0.0909. The number of hydrogen-bond acceptors (Lipinski definition) is 0. The summed E-state index contributed by atoms with van der Waals surface area (Å²) in [5, 5.41) is 0.915. The first kappa shape index (κ1) is 9.27. The van der Waals surface area contributed by atoms with E-state index in [2.05, 4.69) is 46.8 Å². The SMILES string of the molecule is C=CC=Cc1ccc(CBr)cc1. The zero-order chi connectivity index (χ0) is 8.81. The van der Waals surface area contributed by atoms with Crippen molar-refractivity contribution in [3.63, 3.8) is 0 Å². The van der Waals surface area contributed by atoms with Crippen LogP contribution in [0.4, 0.5) is 0 Å². The largest absolute Gasteiger partial charge is 0.0991 e. The molecule has 0 unspecified atom stereocenters. The van der Waals surface area contributed by atoms with Gasteiger partial charge in [0.15, 0.2) is 0 Å². The highest BCUT2D eigenvalue weighted by molar-refractivity contribution is 9.08. The van der Waals surface area contributed by atoms with Gasteiger partial charge >= 0.3 is 0 Å². The number of rotatable bonds is 3. The van der Waals surface area contributed by atoms with Gasteiger partial charge in [0, 0.05) is 5.33 Å². The Bertz CT molecular complexity index is 270. The monoisotopic (exact) mass is 222 g/mol. The molecule has 0 spiro atoms. The third-order valence-electron chi connectivity index (χ3n) is 1.56. The molecule has 12 heavy (non-hydrogen) atoms. The van der Waals surface area contributed by atoms with Crippen molar-refractivity contribution in [2.75, 3.05) is 0 Å². The molecule has 0 saturated carbocycles. The van der Waals surface area contributed by atoms with Crippen LogP contribution in [0.2, 0.25) is 0 Å². The van der Waals surface area contributed by atoms with E-state index in [0.717, 1.165) is 5.33 Å². The Morgan fingerprint density at radius 1 is 1.25 bits per heavy atom. The molecule has 0 bridgehead atoms. The highest BCUT2D eigenvalue weighted by Gasteiger charge is 1.88. The van der Waals surface area contributed by atoms with Crippen LogP contribution in [0.5, 0.6) is 0 Å². The first-order chi connectivity index (χ1) is 5.86. The maximum Gasteiger partial charge on any atom is 0.0283 e. The molecule has 0 atom stereocenters. The molecule has 1 aromatic rings. The minimum atomic E-state index is 0.915. The highest BCUT2D eigenvalue weighted by Crippen LogP contribution is 2.08. The predicted octanol–water partition coefficient (Wildman–Crippen LogP) is 3.78. The Morgan fingerprint density at radius 2 is 1.92 bits per heavy atom. The molecular formula is C11H11Br. The Hall–Kier alpha value is -0.820. The zero-order valence-corrected chi connectivity index (χ0v) is 8.42. The lowest BCUT2D eigenvalue weighted by molar-refractivity contribution is 1.43. The summed E-state index contributed by atoms with van der Waals surface area (Å²) in [5.74, 6) is 0. The van der Waals surface area contributed by atoms with Gasteiger partial charge in [-0.1, -0.05) is 65.0 Å². The number of alkyl halides is 1. The van der Waals surface area contributed by atoms with E-state index >= 15 is 0 Å². The topological polar surface area (TPSA) is 0 Å². The molecule has 62 valence electrons. The number of hydrogen-bond donors (Lipinski definition) is 0. The van der Waals surface area contributed by atoms with Crippen molar-refractivity contribution >= 4 is 22.0 Å². The maximum absolute atomic E-state index is 3.62. The van der Waals surface area contributed by atoms with E-state index < -0.39 is 0 Å². The quantitative estimate of drug-likeness (QED) is 0.540. The first-order valence-corrected chi connectivity index (χ1v) is 4.93. The van der Waals surface area contributed by atoms with Gasteiger partial charge in [-0.25, -0.2) is 0 Å². The van der Waals surface area contributed by atoms with Crippen LogP contribution in [-0.4, -0.2) is 0 Å². The van der Waals surface area contributed by atoms with E-state index in [1.54, 1.807) is 6.08 Å². The minimum absolute atomic E-state index is 0.915. The summed E-state index contributed by atoms with van der Waals surface area (Å²) < 4.78 is 0. The second-order valence-electron chi connectivity index (χ2n) is 2.47. The molecule has 0 nitrogen and oxygen atoms in total. The van der Waals surface area contributed by atoms with E-state index in [4.69, 9.17) is 0 Å². The molecule has 0 aliphatic carbocycles. The smallest absolute Gasteiger partial charge is 0.0283 e. The van der Waals surface area contributed by atoms with Crippen LogP contribution in [0.1, 0.15) is 11.1 Å². The molecule has 0 aliphatic heterocycles. The van der Waals surface area contributed by atoms with E-state index in [1.807, 2.05) is 12.2 Å². The first-order valence-electron chi connectivity index (χ1n) is 3.81. The van der Waals surface area contributed by atoms with E-state index in [1.165, 1.54) is 11.1 Å². The van der Waals surface area contributed by atoms with Gasteiger partial charge in [-0.05, 0) is 11.1 Å². The van der Waals surface area contributed by atoms with Crippen LogP contribution < -0.4 is 0 Å². The Balaban J connectivity index is 2.77. The summed E-state index contributed by atoms with van der Waals surface area (Å²) in [6, 6.07) is 8.40. The van der Waals surface area contributed by atoms with Crippen LogP contribution in [0, 0.1) is 0 Å². The van der Waals surface area contributed by atoms with Gasteiger partial charge < -0.3 is 0 Å². The molecule has 0 saturated heterocycles. The summed E-state index contributed by atoms with van der Waals surface area (Å²) in [6.07, 6.45) is 5.74. The lowest BCUT2D eigenvalue weighted by Crippen LogP contribution is -1.76. The highest BCUT2D eigenvalue weighted by atomic mass is 79.9. The van der Waals surface area contributed by atoms with E-state index in [0.29, 0.717) is 0 Å².